The summed E-state index contributed by atoms with van der Waals surface area (Å²) in [6.07, 6.45) is -4.69. The van der Waals surface area contributed by atoms with Crippen LogP contribution in [-0.4, -0.2) is 42.5 Å². The number of esters is 2. The molecule has 0 aromatic heterocycles. The third-order valence-corrected chi connectivity index (χ3v) is 1.89. The molecule has 0 bridgehead atoms. The average molecular weight is 260 g/mol. The molecule has 0 aromatic rings. The lowest BCUT2D eigenvalue weighted by molar-refractivity contribution is -0.167. The van der Waals surface area contributed by atoms with Gasteiger partial charge in [0, 0.05) is 0 Å². The first-order valence-corrected chi connectivity index (χ1v) is 5.59. The van der Waals surface area contributed by atoms with Gasteiger partial charge in [-0.1, -0.05) is 0 Å². The Morgan fingerprint density at radius 3 is 1.56 bits per heavy atom. The van der Waals surface area contributed by atoms with Gasteiger partial charge in [0.25, 0.3) is 0 Å². The fourth-order valence-corrected chi connectivity index (χ4v) is 1.30. The van der Waals surface area contributed by atoms with Gasteiger partial charge >= 0.3 is 18.1 Å². The van der Waals surface area contributed by atoms with Crippen LogP contribution in [-0.2, 0) is 28.5 Å². The van der Waals surface area contributed by atoms with Crippen LogP contribution in [0.2, 0.25) is 0 Å². The number of hydrogen-bond donors (Lipinski definition) is 0. The summed E-state index contributed by atoms with van der Waals surface area (Å²) in [6, 6.07) is 0. The second-order valence-electron chi connectivity index (χ2n) is 4.30. The summed E-state index contributed by atoms with van der Waals surface area (Å²) in [6.45, 7) is 6.54. The molecule has 1 aliphatic rings. The van der Waals surface area contributed by atoms with Crippen LogP contribution in [0.5, 0.6) is 0 Å². The molecule has 1 rings (SSSR count). The molecule has 7 heteroatoms. The minimum atomic E-state index is -1.41. The van der Waals surface area contributed by atoms with E-state index in [1.165, 1.54) is 0 Å². The van der Waals surface area contributed by atoms with Crippen LogP contribution in [0.3, 0.4) is 0 Å². The van der Waals surface area contributed by atoms with Crippen molar-refractivity contribution in [2.45, 2.75) is 52.1 Å². The van der Waals surface area contributed by atoms with Crippen LogP contribution in [0.4, 0.5) is 4.79 Å². The number of hydrogen-bond acceptors (Lipinski definition) is 7. The third-order valence-electron chi connectivity index (χ3n) is 1.89. The Morgan fingerprint density at radius 2 is 1.28 bits per heavy atom. The van der Waals surface area contributed by atoms with E-state index in [1.54, 1.807) is 27.7 Å². The highest BCUT2D eigenvalue weighted by Gasteiger charge is 2.49. The predicted octanol–water partition coefficient (Wildman–Crippen LogP) is 0.794. The monoisotopic (exact) mass is 260 g/mol. The zero-order valence-corrected chi connectivity index (χ0v) is 10.7. The van der Waals surface area contributed by atoms with Crippen molar-refractivity contribution in [1.29, 1.82) is 0 Å². The minimum Gasteiger partial charge on any atom is -0.460 e. The van der Waals surface area contributed by atoms with Crippen LogP contribution in [0.25, 0.3) is 0 Å². The SMILES string of the molecule is CC(C)OC(=O)C1OC(=O)OC1C(=O)OC(C)C. The van der Waals surface area contributed by atoms with Crippen molar-refractivity contribution in [1.82, 2.24) is 0 Å². The van der Waals surface area contributed by atoms with Gasteiger partial charge in [0.15, 0.2) is 0 Å². The van der Waals surface area contributed by atoms with Crippen LogP contribution in [0.15, 0.2) is 0 Å². The Bertz CT molecular complexity index is 315. The zero-order valence-electron chi connectivity index (χ0n) is 10.7. The van der Waals surface area contributed by atoms with E-state index < -0.39 is 42.5 Å². The molecule has 0 spiro atoms. The lowest BCUT2D eigenvalue weighted by Gasteiger charge is -2.16. The third kappa shape index (κ3) is 3.61. The first-order valence-electron chi connectivity index (χ1n) is 5.59. The lowest BCUT2D eigenvalue weighted by atomic mass is 10.2. The van der Waals surface area contributed by atoms with E-state index in [-0.39, 0.29) is 0 Å². The van der Waals surface area contributed by atoms with Crippen molar-refractivity contribution in [3.05, 3.63) is 0 Å². The normalized spacial score (nSPS) is 22.7. The summed E-state index contributed by atoms with van der Waals surface area (Å²) in [7, 11) is 0. The van der Waals surface area contributed by atoms with Gasteiger partial charge in [-0.3, -0.25) is 0 Å². The zero-order chi connectivity index (χ0) is 13.9. The van der Waals surface area contributed by atoms with E-state index in [4.69, 9.17) is 9.47 Å². The number of ether oxygens (including phenoxy) is 4. The van der Waals surface area contributed by atoms with E-state index in [0.717, 1.165) is 0 Å². The van der Waals surface area contributed by atoms with E-state index in [9.17, 15) is 14.4 Å². The second-order valence-corrected chi connectivity index (χ2v) is 4.30. The fraction of sp³-hybridized carbons (Fsp3) is 0.727. The first kappa shape index (κ1) is 14.3. The Kier molecular flexibility index (Phi) is 4.52. The van der Waals surface area contributed by atoms with Gasteiger partial charge in [0.05, 0.1) is 12.2 Å². The quantitative estimate of drug-likeness (QED) is 0.545. The molecule has 0 N–H and O–H groups in total. The smallest absolute Gasteiger partial charge is 0.460 e. The van der Waals surface area contributed by atoms with Crippen LogP contribution < -0.4 is 0 Å². The highest BCUT2D eigenvalue weighted by Crippen LogP contribution is 2.19. The fourth-order valence-electron chi connectivity index (χ4n) is 1.30. The molecule has 0 amide bonds. The van der Waals surface area contributed by atoms with E-state index >= 15 is 0 Å². The number of cyclic esters (lactones) is 2. The van der Waals surface area contributed by atoms with Gasteiger partial charge in [-0.25, -0.2) is 14.4 Å². The van der Waals surface area contributed by atoms with Gasteiger partial charge in [0.1, 0.15) is 0 Å². The van der Waals surface area contributed by atoms with Crippen molar-refractivity contribution in [3.63, 3.8) is 0 Å². The Morgan fingerprint density at radius 1 is 0.944 bits per heavy atom. The van der Waals surface area contributed by atoms with Crippen LogP contribution in [0.1, 0.15) is 27.7 Å². The molecule has 2 unspecified atom stereocenters. The maximum atomic E-state index is 11.6. The largest absolute Gasteiger partial charge is 0.510 e. The molecule has 1 aliphatic heterocycles. The summed E-state index contributed by atoms with van der Waals surface area (Å²) < 4.78 is 18.9. The molecule has 1 saturated heterocycles. The van der Waals surface area contributed by atoms with Crippen molar-refractivity contribution in [3.8, 4) is 0 Å². The molecule has 1 heterocycles. The predicted molar refractivity (Wildman–Crippen MR) is 57.6 cm³/mol. The highest BCUT2D eigenvalue weighted by atomic mass is 16.8. The Balaban J connectivity index is 2.72. The number of rotatable bonds is 4. The van der Waals surface area contributed by atoms with Crippen molar-refractivity contribution >= 4 is 18.1 Å². The summed E-state index contributed by atoms with van der Waals surface area (Å²) in [4.78, 5) is 34.2. The van der Waals surface area contributed by atoms with Crippen LogP contribution >= 0.6 is 0 Å². The maximum absolute atomic E-state index is 11.6. The molecule has 0 saturated carbocycles. The summed E-state index contributed by atoms with van der Waals surface area (Å²) in [5.74, 6) is -1.66. The van der Waals surface area contributed by atoms with E-state index in [0.29, 0.717) is 0 Å². The molecular weight excluding hydrogens is 244 g/mol. The second kappa shape index (κ2) is 5.70. The van der Waals surface area contributed by atoms with Crippen molar-refractivity contribution in [2.24, 2.45) is 0 Å². The number of carbonyl (C=O) groups is 3. The summed E-state index contributed by atoms with van der Waals surface area (Å²) in [5, 5.41) is 0. The van der Waals surface area contributed by atoms with Crippen LogP contribution in [0, 0.1) is 0 Å². The van der Waals surface area contributed by atoms with Crippen molar-refractivity contribution < 1.29 is 33.3 Å². The summed E-state index contributed by atoms with van der Waals surface area (Å²) >= 11 is 0. The molecule has 1 fully saturated rings. The molecule has 7 nitrogen and oxygen atoms in total. The lowest BCUT2D eigenvalue weighted by Crippen LogP contribution is -2.40. The van der Waals surface area contributed by atoms with Gasteiger partial charge in [-0.2, -0.15) is 0 Å². The minimum absolute atomic E-state index is 0.390. The topological polar surface area (TPSA) is 88.1 Å². The first-order chi connectivity index (χ1) is 8.31. The molecule has 2 atom stereocenters. The van der Waals surface area contributed by atoms with E-state index in [2.05, 4.69) is 9.47 Å². The molecule has 18 heavy (non-hydrogen) atoms. The molecule has 0 aliphatic carbocycles. The van der Waals surface area contributed by atoms with Gasteiger partial charge in [-0.15, -0.1) is 0 Å². The number of carbonyl (C=O) groups excluding carboxylic acids is 3. The highest BCUT2D eigenvalue weighted by molar-refractivity contribution is 5.90. The molecule has 102 valence electrons. The maximum Gasteiger partial charge on any atom is 0.510 e. The standard InChI is InChI=1S/C11H16O7/c1-5(2)15-9(12)7-8(18-11(14)17-7)10(13)16-6(3)4/h5-8H,1-4H3. The Hall–Kier alpha value is -1.79. The van der Waals surface area contributed by atoms with E-state index in [1.807, 2.05) is 0 Å². The average Bonchev–Trinajstić information content (AvgIpc) is 2.58. The van der Waals surface area contributed by atoms with Gasteiger partial charge in [0.2, 0.25) is 12.2 Å². The summed E-state index contributed by atoms with van der Waals surface area (Å²) in [5.41, 5.74) is 0. The molecule has 0 aromatic carbocycles. The molecule has 0 radical (unpaired) electrons. The molecular formula is C11H16O7. The van der Waals surface area contributed by atoms with Gasteiger partial charge in [-0.05, 0) is 27.7 Å². The Labute approximate surface area is 104 Å². The van der Waals surface area contributed by atoms with Gasteiger partial charge < -0.3 is 18.9 Å². The van der Waals surface area contributed by atoms with Crippen molar-refractivity contribution in [2.75, 3.05) is 0 Å².